The van der Waals surface area contributed by atoms with Crippen LogP contribution in [0.4, 0.5) is 0 Å². The van der Waals surface area contributed by atoms with Gasteiger partial charge in [-0.15, -0.1) is 0 Å². The molecule has 0 aliphatic carbocycles. The molecule has 0 unspecified atom stereocenters. The Kier molecular flexibility index (Phi) is 4.21. The van der Waals surface area contributed by atoms with E-state index in [1.165, 1.54) is 0 Å². The van der Waals surface area contributed by atoms with Gasteiger partial charge in [0.2, 0.25) is 0 Å². The minimum Gasteiger partial charge on any atom is -0.364 e. The molecule has 1 aromatic carbocycles. The summed E-state index contributed by atoms with van der Waals surface area (Å²) in [6, 6.07) is 9.00. The lowest BCUT2D eigenvalue weighted by atomic mass is 9.91. The molecule has 1 N–H and O–H groups in total. The number of ketones is 1. The standard InChI is InChI=1S/C13H18O3/c1-13(2,3)11(14)9-16-12(15)10-7-5-4-6-8-10/h4-8,12,15H,9H2,1-3H3/t12-/m0/s1. The molecule has 3 heteroatoms. The summed E-state index contributed by atoms with van der Waals surface area (Å²) in [5.41, 5.74) is 0.223. The maximum atomic E-state index is 11.6. The Morgan fingerprint density at radius 3 is 2.38 bits per heavy atom. The predicted molar refractivity (Wildman–Crippen MR) is 61.8 cm³/mol. The molecule has 3 nitrogen and oxygen atoms in total. The minimum absolute atomic E-state index is 0.0255. The summed E-state index contributed by atoms with van der Waals surface area (Å²) in [4.78, 5) is 11.6. The van der Waals surface area contributed by atoms with Gasteiger partial charge in [0.15, 0.2) is 12.1 Å². The zero-order chi connectivity index (χ0) is 12.2. The number of ether oxygens (including phenoxy) is 1. The van der Waals surface area contributed by atoms with E-state index in [1.54, 1.807) is 12.1 Å². The molecule has 0 aliphatic rings. The van der Waals surface area contributed by atoms with Gasteiger partial charge in [0.05, 0.1) is 0 Å². The van der Waals surface area contributed by atoms with Gasteiger partial charge in [0.25, 0.3) is 0 Å². The van der Waals surface area contributed by atoms with Crippen molar-refractivity contribution in [1.29, 1.82) is 0 Å². The van der Waals surface area contributed by atoms with E-state index in [0.717, 1.165) is 0 Å². The molecule has 0 amide bonds. The van der Waals surface area contributed by atoms with Crippen LogP contribution in [-0.4, -0.2) is 17.5 Å². The molecular formula is C13H18O3. The van der Waals surface area contributed by atoms with Crippen molar-refractivity contribution < 1.29 is 14.6 Å². The maximum Gasteiger partial charge on any atom is 0.181 e. The van der Waals surface area contributed by atoms with Crippen LogP contribution in [0.3, 0.4) is 0 Å². The van der Waals surface area contributed by atoms with Crippen molar-refractivity contribution in [2.24, 2.45) is 5.41 Å². The quantitative estimate of drug-likeness (QED) is 0.795. The summed E-state index contributed by atoms with van der Waals surface area (Å²) < 4.78 is 5.12. The van der Waals surface area contributed by atoms with Crippen molar-refractivity contribution in [3.05, 3.63) is 35.9 Å². The molecule has 0 aliphatic heterocycles. The number of carbonyl (C=O) groups is 1. The smallest absolute Gasteiger partial charge is 0.181 e. The van der Waals surface area contributed by atoms with Crippen molar-refractivity contribution in [2.45, 2.75) is 27.1 Å². The number of Topliss-reactive ketones (excluding diaryl/α,β-unsaturated/α-hetero) is 1. The normalized spacial score (nSPS) is 13.5. The summed E-state index contributed by atoms with van der Waals surface area (Å²) >= 11 is 0. The van der Waals surface area contributed by atoms with Crippen molar-refractivity contribution in [3.63, 3.8) is 0 Å². The molecule has 0 fully saturated rings. The van der Waals surface area contributed by atoms with E-state index in [1.807, 2.05) is 39.0 Å². The first kappa shape index (κ1) is 12.9. The van der Waals surface area contributed by atoms with Gasteiger partial charge >= 0.3 is 0 Å². The monoisotopic (exact) mass is 222 g/mol. The van der Waals surface area contributed by atoms with E-state index in [0.29, 0.717) is 5.56 Å². The van der Waals surface area contributed by atoms with Crippen molar-refractivity contribution in [2.75, 3.05) is 6.61 Å². The van der Waals surface area contributed by atoms with Crippen LogP contribution in [0.15, 0.2) is 30.3 Å². The fourth-order valence-corrected chi connectivity index (χ4v) is 1.09. The second-order valence-electron chi connectivity index (χ2n) is 4.75. The first-order chi connectivity index (χ1) is 7.41. The van der Waals surface area contributed by atoms with Gasteiger partial charge in [-0.3, -0.25) is 4.79 Å². The Labute approximate surface area is 96.1 Å². The van der Waals surface area contributed by atoms with Crippen molar-refractivity contribution in [1.82, 2.24) is 0 Å². The predicted octanol–water partition coefficient (Wildman–Crippen LogP) is 2.31. The fraction of sp³-hybridized carbons (Fsp3) is 0.462. The molecular weight excluding hydrogens is 204 g/mol. The lowest BCUT2D eigenvalue weighted by Crippen LogP contribution is -2.25. The van der Waals surface area contributed by atoms with E-state index < -0.39 is 11.7 Å². The average Bonchev–Trinajstić information content (AvgIpc) is 2.25. The van der Waals surface area contributed by atoms with Gasteiger partial charge in [-0.25, -0.2) is 0 Å². The molecule has 1 rings (SSSR count). The van der Waals surface area contributed by atoms with Crippen LogP contribution >= 0.6 is 0 Å². The number of aliphatic hydroxyl groups excluding tert-OH is 1. The summed E-state index contributed by atoms with van der Waals surface area (Å²) in [7, 11) is 0. The highest BCUT2D eigenvalue weighted by Crippen LogP contribution is 2.18. The fourth-order valence-electron chi connectivity index (χ4n) is 1.09. The molecule has 0 heterocycles. The summed E-state index contributed by atoms with van der Waals surface area (Å²) in [6.07, 6.45) is -1.03. The Bertz CT molecular complexity index is 338. The lowest BCUT2D eigenvalue weighted by molar-refractivity contribution is -0.147. The third kappa shape index (κ3) is 3.76. The molecule has 0 radical (unpaired) electrons. The van der Waals surface area contributed by atoms with Crippen LogP contribution in [0.1, 0.15) is 32.6 Å². The van der Waals surface area contributed by atoms with Crippen LogP contribution in [0.2, 0.25) is 0 Å². The Hall–Kier alpha value is -1.19. The number of rotatable bonds is 4. The maximum absolute atomic E-state index is 11.6. The van der Waals surface area contributed by atoms with E-state index in [2.05, 4.69) is 0 Å². The average molecular weight is 222 g/mol. The van der Waals surface area contributed by atoms with Crippen molar-refractivity contribution >= 4 is 5.78 Å². The second-order valence-corrected chi connectivity index (χ2v) is 4.75. The van der Waals surface area contributed by atoms with Crippen LogP contribution in [0, 0.1) is 5.41 Å². The molecule has 0 bridgehead atoms. The first-order valence-electron chi connectivity index (χ1n) is 5.29. The number of hydrogen-bond donors (Lipinski definition) is 1. The minimum atomic E-state index is -1.03. The number of aliphatic hydroxyl groups is 1. The second kappa shape index (κ2) is 5.23. The molecule has 0 saturated heterocycles. The third-order valence-electron chi connectivity index (χ3n) is 2.29. The van der Waals surface area contributed by atoms with Crippen molar-refractivity contribution in [3.8, 4) is 0 Å². The molecule has 88 valence electrons. The van der Waals surface area contributed by atoms with Crippen LogP contribution in [0.5, 0.6) is 0 Å². The molecule has 0 spiro atoms. The van der Waals surface area contributed by atoms with Crippen LogP contribution < -0.4 is 0 Å². The lowest BCUT2D eigenvalue weighted by Gasteiger charge is -2.18. The zero-order valence-electron chi connectivity index (χ0n) is 9.93. The van der Waals surface area contributed by atoms with Crippen LogP contribution in [-0.2, 0) is 9.53 Å². The Morgan fingerprint density at radius 1 is 1.31 bits per heavy atom. The molecule has 0 aromatic heterocycles. The Balaban J connectivity index is 2.48. The summed E-state index contributed by atoms with van der Waals surface area (Å²) in [5.74, 6) is -0.0255. The van der Waals surface area contributed by atoms with E-state index in [9.17, 15) is 9.90 Å². The topological polar surface area (TPSA) is 46.5 Å². The van der Waals surface area contributed by atoms with E-state index in [4.69, 9.17) is 4.74 Å². The van der Waals surface area contributed by atoms with Gasteiger partial charge in [0.1, 0.15) is 6.61 Å². The third-order valence-corrected chi connectivity index (χ3v) is 2.29. The van der Waals surface area contributed by atoms with Crippen LogP contribution in [0.25, 0.3) is 0 Å². The highest BCUT2D eigenvalue weighted by Gasteiger charge is 2.22. The zero-order valence-corrected chi connectivity index (χ0v) is 9.93. The molecule has 1 atom stereocenters. The SMILES string of the molecule is CC(C)(C)C(=O)CO[C@H](O)c1ccccc1. The van der Waals surface area contributed by atoms with Gasteiger partial charge < -0.3 is 9.84 Å². The van der Waals surface area contributed by atoms with Gasteiger partial charge in [0, 0.05) is 11.0 Å². The highest BCUT2D eigenvalue weighted by atomic mass is 16.6. The van der Waals surface area contributed by atoms with Gasteiger partial charge in [-0.05, 0) is 0 Å². The summed E-state index contributed by atoms with van der Waals surface area (Å²) in [6.45, 7) is 5.41. The summed E-state index contributed by atoms with van der Waals surface area (Å²) in [5, 5.41) is 9.66. The van der Waals surface area contributed by atoms with Gasteiger partial charge in [-0.1, -0.05) is 51.1 Å². The Morgan fingerprint density at radius 2 is 1.88 bits per heavy atom. The highest BCUT2D eigenvalue weighted by molar-refractivity contribution is 5.84. The van der Waals surface area contributed by atoms with E-state index in [-0.39, 0.29) is 12.4 Å². The number of hydrogen-bond acceptors (Lipinski definition) is 3. The molecule has 0 saturated carbocycles. The molecule has 1 aromatic rings. The van der Waals surface area contributed by atoms with Gasteiger partial charge in [-0.2, -0.15) is 0 Å². The number of carbonyl (C=O) groups excluding carboxylic acids is 1. The largest absolute Gasteiger partial charge is 0.364 e. The first-order valence-corrected chi connectivity index (χ1v) is 5.29. The van der Waals surface area contributed by atoms with E-state index >= 15 is 0 Å². The molecule has 16 heavy (non-hydrogen) atoms. The number of benzene rings is 1.